The highest BCUT2D eigenvalue weighted by Crippen LogP contribution is 2.22. The van der Waals surface area contributed by atoms with E-state index >= 15 is 0 Å². The molecule has 2 aromatic carbocycles. The SMILES string of the molecule is Cc1ccccc1NC(=O)CSc1nc2[nH]ncc2c(=O)n1-c1ccc(F)c(F)c1. The van der Waals surface area contributed by atoms with Crippen LogP contribution in [-0.4, -0.2) is 31.4 Å². The van der Waals surface area contributed by atoms with Gasteiger partial charge in [-0.2, -0.15) is 5.10 Å². The minimum Gasteiger partial charge on any atom is -0.325 e. The first kappa shape index (κ1) is 19.8. The van der Waals surface area contributed by atoms with Crippen LogP contribution in [0.25, 0.3) is 16.7 Å². The smallest absolute Gasteiger partial charge is 0.269 e. The van der Waals surface area contributed by atoms with Gasteiger partial charge >= 0.3 is 0 Å². The second-order valence-corrected chi connectivity index (χ2v) is 7.36. The largest absolute Gasteiger partial charge is 0.325 e. The summed E-state index contributed by atoms with van der Waals surface area (Å²) >= 11 is 0.993. The van der Waals surface area contributed by atoms with Crippen molar-refractivity contribution in [3.8, 4) is 5.69 Å². The Balaban J connectivity index is 1.67. The first-order chi connectivity index (χ1) is 14.4. The number of hydrogen-bond donors (Lipinski definition) is 2. The molecule has 0 aliphatic heterocycles. The Hall–Kier alpha value is -3.53. The summed E-state index contributed by atoms with van der Waals surface area (Å²) < 4.78 is 28.3. The molecular formula is C20H15F2N5O2S. The predicted molar refractivity (Wildman–Crippen MR) is 110 cm³/mol. The van der Waals surface area contributed by atoms with Crippen LogP contribution in [0.3, 0.4) is 0 Å². The fourth-order valence-electron chi connectivity index (χ4n) is 2.85. The summed E-state index contributed by atoms with van der Waals surface area (Å²) in [6, 6.07) is 10.4. The number of fused-ring (bicyclic) bond motifs is 1. The summed E-state index contributed by atoms with van der Waals surface area (Å²) in [7, 11) is 0. The normalized spacial score (nSPS) is 11.0. The van der Waals surface area contributed by atoms with Crippen LogP contribution >= 0.6 is 11.8 Å². The second kappa shape index (κ2) is 8.07. The number of amides is 1. The van der Waals surface area contributed by atoms with E-state index in [0.717, 1.165) is 34.0 Å². The van der Waals surface area contributed by atoms with Crippen LogP contribution in [0.5, 0.6) is 0 Å². The van der Waals surface area contributed by atoms with E-state index in [1.807, 2.05) is 25.1 Å². The average Bonchev–Trinajstić information content (AvgIpc) is 3.19. The van der Waals surface area contributed by atoms with Crippen LogP contribution in [0.15, 0.2) is 58.6 Å². The predicted octanol–water partition coefficient (Wildman–Crippen LogP) is 3.43. The zero-order valence-electron chi connectivity index (χ0n) is 15.6. The van der Waals surface area contributed by atoms with Crippen LogP contribution < -0.4 is 10.9 Å². The van der Waals surface area contributed by atoms with Gasteiger partial charge in [-0.1, -0.05) is 30.0 Å². The van der Waals surface area contributed by atoms with Gasteiger partial charge in [0, 0.05) is 11.8 Å². The maximum absolute atomic E-state index is 13.8. The van der Waals surface area contributed by atoms with E-state index in [4.69, 9.17) is 0 Å². The minimum absolute atomic E-state index is 0.0515. The lowest BCUT2D eigenvalue weighted by atomic mass is 10.2. The number of hydrogen-bond acceptors (Lipinski definition) is 5. The average molecular weight is 427 g/mol. The summed E-state index contributed by atoms with van der Waals surface area (Å²) in [6.07, 6.45) is 1.31. The van der Waals surface area contributed by atoms with Crippen molar-refractivity contribution < 1.29 is 13.6 Å². The number of aryl methyl sites for hydroxylation is 1. The molecule has 0 aliphatic carbocycles. The van der Waals surface area contributed by atoms with Crippen LogP contribution in [-0.2, 0) is 4.79 Å². The van der Waals surface area contributed by atoms with Crippen molar-refractivity contribution in [3.05, 3.63) is 76.2 Å². The van der Waals surface area contributed by atoms with Crippen molar-refractivity contribution in [2.45, 2.75) is 12.1 Å². The fraction of sp³-hybridized carbons (Fsp3) is 0.100. The van der Waals surface area contributed by atoms with Gasteiger partial charge in [-0.25, -0.2) is 13.8 Å². The maximum atomic E-state index is 13.8. The molecule has 30 heavy (non-hydrogen) atoms. The Kier molecular flexibility index (Phi) is 5.32. The monoisotopic (exact) mass is 427 g/mol. The maximum Gasteiger partial charge on any atom is 0.269 e. The second-order valence-electron chi connectivity index (χ2n) is 6.42. The Bertz CT molecular complexity index is 1320. The fourth-order valence-corrected chi connectivity index (χ4v) is 3.66. The first-order valence-electron chi connectivity index (χ1n) is 8.84. The zero-order chi connectivity index (χ0) is 21.3. The van der Waals surface area contributed by atoms with Gasteiger partial charge in [-0.05, 0) is 30.7 Å². The van der Waals surface area contributed by atoms with Gasteiger partial charge in [0.25, 0.3) is 5.56 Å². The molecule has 2 heterocycles. The molecular weight excluding hydrogens is 412 g/mol. The van der Waals surface area contributed by atoms with Crippen LogP contribution in [0.2, 0.25) is 0 Å². The highest BCUT2D eigenvalue weighted by Gasteiger charge is 2.17. The van der Waals surface area contributed by atoms with Gasteiger partial charge < -0.3 is 5.32 Å². The Morgan fingerprint density at radius 1 is 1.20 bits per heavy atom. The van der Waals surface area contributed by atoms with E-state index in [1.54, 1.807) is 6.07 Å². The summed E-state index contributed by atoms with van der Waals surface area (Å²) in [5.41, 5.74) is 1.41. The molecule has 0 saturated carbocycles. The van der Waals surface area contributed by atoms with Gasteiger partial charge in [0.15, 0.2) is 22.4 Å². The summed E-state index contributed by atoms with van der Waals surface area (Å²) in [4.78, 5) is 29.7. The molecule has 0 saturated heterocycles. The quantitative estimate of drug-likeness (QED) is 0.376. The van der Waals surface area contributed by atoms with Gasteiger partial charge in [-0.15, -0.1) is 0 Å². The third-order valence-electron chi connectivity index (χ3n) is 4.36. The van der Waals surface area contributed by atoms with E-state index < -0.39 is 17.2 Å². The molecule has 0 unspecified atom stereocenters. The Morgan fingerprint density at radius 2 is 2.00 bits per heavy atom. The highest BCUT2D eigenvalue weighted by molar-refractivity contribution is 7.99. The summed E-state index contributed by atoms with van der Waals surface area (Å²) in [5, 5.41) is 9.55. The third-order valence-corrected chi connectivity index (χ3v) is 5.30. The molecule has 0 spiro atoms. The number of aromatic amines is 1. The number of nitrogens with one attached hydrogen (secondary N) is 2. The van der Waals surface area contributed by atoms with E-state index in [9.17, 15) is 18.4 Å². The number of anilines is 1. The minimum atomic E-state index is -1.10. The van der Waals surface area contributed by atoms with Gasteiger partial charge in [-0.3, -0.25) is 19.3 Å². The molecule has 0 aliphatic rings. The Morgan fingerprint density at radius 3 is 2.77 bits per heavy atom. The van der Waals surface area contributed by atoms with Crippen molar-refractivity contribution in [2.75, 3.05) is 11.1 Å². The van der Waals surface area contributed by atoms with Gasteiger partial charge in [0.1, 0.15) is 5.39 Å². The molecule has 0 atom stereocenters. The van der Waals surface area contributed by atoms with Crippen LogP contribution in [0.4, 0.5) is 14.5 Å². The molecule has 1 amide bonds. The van der Waals surface area contributed by atoms with Crippen molar-refractivity contribution in [3.63, 3.8) is 0 Å². The number of rotatable bonds is 5. The van der Waals surface area contributed by atoms with Gasteiger partial charge in [0.05, 0.1) is 17.6 Å². The molecule has 4 rings (SSSR count). The molecule has 0 radical (unpaired) electrons. The molecule has 4 aromatic rings. The van der Waals surface area contributed by atoms with E-state index in [-0.39, 0.29) is 33.5 Å². The van der Waals surface area contributed by atoms with E-state index in [0.29, 0.717) is 5.69 Å². The molecule has 0 fully saturated rings. The number of H-pyrrole nitrogens is 1. The molecule has 7 nitrogen and oxygen atoms in total. The standard InChI is InChI=1S/C20H15F2N5O2S/c1-11-4-2-3-5-16(11)24-17(28)10-30-20-25-18-13(9-23-26-18)19(29)27(20)12-6-7-14(21)15(22)8-12/h2-9H,10H2,1H3,(H,23,26)(H,24,28). The number of nitrogens with zero attached hydrogens (tertiary/aromatic N) is 3. The number of para-hydroxylation sites is 1. The lowest BCUT2D eigenvalue weighted by Crippen LogP contribution is -2.23. The van der Waals surface area contributed by atoms with Crippen molar-refractivity contribution in [1.29, 1.82) is 0 Å². The highest BCUT2D eigenvalue weighted by atomic mass is 32.2. The zero-order valence-corrected chi connectivity index (χ0v) is 16.5. The lowest BCUT2D eigenvalue weighted by Gasteiger charge is -2.12. The summed E-state index contributed by atoms with van der Waals surface area (Å²) in [5.74, 6) is -2.48. The van der Waals surface area contributed by atoms with E-state index in [2.05, 4.69) is 20.5 Å². The van der Waals surface area contributed by atoms with Gasteiger partial charge in [0.2, 0.25) is 5.91 Å². The van der Waals surface area contributed by atoms with E-state index in [1.165, 1.54) is 12.3 Å². The van der Waals surface area contributed by atoms with Crippen molar-refractivity contribution in [2.24, 2.45) is 0 Å². The first-order valence-corrected chi connectivity index (χ1v) is 9.82. The molecule has 0 bridgehead atoms. The van der Waals surface area contributed by atoms with Crippen LogP contribution in [0.1, 0.15) is 5.56 Å². The number of carbonyl (C=O) groups excluding carboxylic acids is 1. The summed E-state index contributed by atoms with van der Waals surface area (Å²) in [6.45, 7) is 1.87. The third kappa shape index (κ3) is 3.81. The van der Waals surface area contributed by atoms with Crippen LogP contribution in [0, 0.1) is 18.6 Å². The Labute approximate surface area is 173 Å². The number of thioether (sulfide) groups is 1. The number of aromatic nitrogens is 4. The topological polar surface area (TPSA) is 92.7 Å². The number of halogens is 2. The molecule has 10 heteroatoms. The van der Waals surface area contributed by atoms with Crippen molar-refractivity contribution >= 4 is 34.4 Å². The molecule has 2 N–H and O–H groups in total. The molecule has 152 valence electrons. The number of benzene rings is 2. The van der Waals surface area contributed by atoms with Crippen molar-refractivity contribution in [1.82, 2.24) is 19.7 Å². The molecule has 2 aromatic heterocycles. The number of carbonyl (C=O) groups is 1. The lowest BCUT2D eigenvalue weighted by molar-refractivity contribution is -0.113.